The third-order valence-electron chi connectivity index (χ3n) is 5.68. The molecule has 0 radical (unpaired) electrons. The Morgan fingerprint density at radius 3 is 2.83 bits per heavy atom. The van der Waals surface area contributed by atoms with Crippen LogP contribution < -0.4 is 0 Å². The second-order valence-corrected chi connectivity index (χ2v) is 7.67. The highest BCUT2D eigenvalue weighted by atomic mass is 19.1. The monoisotopic (exact) mass is 413 g/mol. The van der Waals surface area contributed by atoms with Crippen LogP contribution in [0.25, 0.3) is 11.5 Å². The number of carbonyl (C=O) groups excluding carboxylic acids is 1. The molecule has 4 rings (SSSR count). The highest BCUT2D eigenvalue weighted by molar-refractivity contribution is 5.92. The Bertz CT molecular complexity index is 1020. The van der Waals surface area contributed by atoms with E-state index in [0.29, 0.717) is 49.1 Å². The first-order valence-electron chi connectivity index (χ1n) is 9.87. The van der Waals surface area contributed by atoms with E-state index in [1.807, 2.05) is 4.90 Å². The number of aryl methyl sites for hydroxylation is 1. The Kier molecular flexibility index (Phi) is 5.63. The van der Waals surface area contributed by atoms with Crippen molar-refractivity contribution < 1.29 is 18.4 Å². The predicted molar refractivity (Wildman–Crippen MR) is 106 cm³/mol. The van der Waals surface area contributed by atoms with E-state index in [0.717, 1.165) is 12.8 Å². The lowest BCUT2D eigenvalue weighted by Crippen LogP contribution is -2.50. The number of halogens is 1. The van der Waals surface area contributed by atoms with Gasteiger partial charge in [0.2, 0.25) is 0 Å². The Morgan fingerprint density at radius 1 is 1.33 bits per heavy atom. The van der Waals surface area contributed by atoms with Gasteiger partial charge in [-0.25, -0.2) is 9.37 Å². The molecule has 3 aromatic rings. The lowest BCUT2D eigenvalue weighted by atomic mass is 9.76. The maximum Gasteiger partial charge on any atom is 0.272 e. The van der Waals surface area contributed by atoms with Crippen LogP contribution in [0.2, 0.25) is 0 Å². The summed E-state index contributed by atoms with van der Waals surface area (Å²) in [6.45, 7) is 1.62. The summed E-state index contributed by atoms with van der Waals surface area (Å²) in [4.78, 5) is 23.6. The first-order chi connectivity index (χ1) is 14.5. The lowest BCUT2D eigenvalue weighted by Gasteiger charge is -2.40. The van der Waals surface area contributed by atoms with E-state index in [4.69, 9.17) is 9.26 Å². The van der Waals surface area contributed by atoms with Gasteiger partial charge in [0.05, 0.1) is 17.9 Å². The van der Waals surface area contributed by atoms with Crippen molar-refractivity contribution in [3.05, 3.63) is 54.1 Å². The zero-order valence-electron chi connectivity index (χ0n) is 17.0. The number of rotatable bonds is 6. The molecule has 0 spiro atoms. The molecular formula is C21H24FN5O3. The summed E-state index contributed by atoms with van der Waals surface area (Å²) in [5.41, 5.74) is 0.706. The number of amides is 1. The molecule has 1 aliphatic heterocycles. The van der Waals surface area contributed by atoms with Crippen molar-refractivity contribution in [3.8, 4) is 11.5 Å². The summed E-state index contributed by atoms with van der Waals surface area (Å²) < 4.78 is 25.8. The fraction of sp³-hybridized carbons (Fsp3) is 0.429. The summed E-state index contributed by atoms with van der Waals surface area (Å²) in [6.07, 6.45) is 5.47. The van der Waals surface area contributed by atoms with Crippen molar-refractivity contribution >= 4 is 5.91 Å². The van der Waals surface area contributed by atoms with Gasteiger partial charge in [0.15, 0.2) is 5.82 Å². The number of ether oxygens (including phenoxy) is 1. The maximum absolute atomic E-state index is 13.2. The third-order valence-corrected chi connectivity index (χ3v) is 5.68. The Balaban J connectivity index is 1.63. The summed E-state index contributed by atoms with van der Waals surface area (Å²) >= 11 is 0. The molecule has 3 heterocycles. The fourth-order valence-electron chi connectivity index (χ4n) is 3.97. The molecule has 1 atom stereocenters. The Morgan fingerprint density at radius 2 is 2.13 bits per heavy atom. The number of hydrogen-bond donors (Lipinski definition) is 0. The normalized spacial score (nSPS) is 19.2. The van der Waals surface area contributed by atoms with E-state index < -0.39 is 5.41 Å². The molecule has 8 nitrogen and oxygen atoms in total. The lowest BCUT2D eigenvalue weighted by molar-refractivity contribution is 0.0558. The van der Waals surface area contributed by atoms with E-state index >= 15 is 0 Å². The van der Waals surface area contributed by atoms with Gasteiger partial charge in [-0.3, -0.25) is 4.79 Å². The third kappa shape index (κ3) is 3.85. The smallest absolute Gasteiger partial charge is 0.272 e. The topological polar surface area (TPSA) is 86.3 Å². The van der Waals surface area contributed by atoms with E-state index in [2.05, 4.69) is 15.1 Å². The Labute approximate surface area is 173 Å². The second-order valence-electron chi connectivity index (χ2n) is 7.67. The van der Waals surface area contributed by atoms with Crippen LogP contribution in [0.15, 0.2) is 41.3 Å². The number of methoxy groups -OCH3 is 1. The van der Waals surface area contributed by atoms with Gasteiger partial charge in [-0.1, -0.05) is 5.16 Å². The summed E-state index contributed by atoms with van der Waals surface area (Å²) in [6, 6.07) is 5.92. The van der Waals surface area contributed by atoms with Crippen LogP contribution in [-0.2, 0) is 17.2 Å². The molecule has 1 amide bonds. The number of nitrogens with zero attached hydrogens (tertiary/aromatic N) is 5. The van der Waals surface area contributed by atoms with Gasteiger partial charge in [0.25, 0.3) is 11.8 Å². The molecule has 9 heteroatoms. The molecule has 1 saturated heterocycles. The van der Waals surface area contributed by atoms with E-state index in [9.17, 15) is 9.18 Å². The molecule has 158 valence electrons. The summed E-state index contributed by atoms with van der Waals surface area (Å²) in [7, 11) is 3.45. The summed E-state index contributed by atoms with van der Waals surface area (Å²) in [5, 5.41) is 4.25. The fourth-order valence-corrected chi connectivity index (χ4v) is 3.97. The zero-order chi connectivity index (χ0) is 21.1. The second kappa shape index (κ2) is 8.35. The molecule has 2 aromatic heterocycles. The molecule has 1 aromatic carbocycles. The summed E-state index contributed by atoms with van der Waals surface area (Å²) in [5.74, 6) is 0.476. The highest BCUT2D eigenvalue weighted by Gasteiger charge is 2.42. The van der Waals surface area contributed by atoms with Crippen molar-refractivity contribution in [3.63, 3.8) is 0 Å². The number of aromatic nitrogens is 4. The van der Waals surface area contributed by atoms with Crippen LogP contribution in [0.1, 0.15) is 35.6 Å². The molecule has 0 bridgehead atoms. The van der Waals surface area contributed by atoms with Crippen molar-refractivity contribution in [2.24, 2.45) is 7.05 Å². The van der Waals surface area contributed by atoms with Crippen molar-refractivity contribution in [2.45, 2.75) is 24.7 Å². The zero-order valence-corrected chi connectivity index (χ0v) is 17.0. The largest absolute Gasteiger partial charge is 0.385 e. The van der Waals surface area contributed by atoms with Crippen LogP contribution in [0.5, 0.6) is 0 Å². The number of hydrogen-bond acceptors (Lipinski definition) is 6. The van der Waals surface area contributed by atoms with E-state index in [-0.39, 0.29) is 11.7 Å². The molecule has 1 unspecified atom stereocenters. The van der Waals surface area contributed by atoms with Crippen molar-refractivity contribution in [2.75, 3.05) is 26.8 Å². The predicted octanol–water partition coefficient (Wildman–Crippen LogP) is 2.82. The van der Waals surface area contributed by atoms with Gasteiger partial charge < -0.3 is 18.7 Å². The van der Waals surface area contributed by atoms with Crippen LogP contribution in [0.4, 0.5) is 4.39 Å². The van der Waals surface area contributed by atoms with E-state index in [1.54, 1.807) is 43.4 Å². The minimum atomic E-state index is -0.482. The minimum Gasteiger partial charge on any atom is -0.385 e. The average molecular weight is 413 g/mol. The van der Waals surface area contributed by atoms with Crippen LogP contribution in [0.3, 0.4) is 0 Å². The molecule has 30 heavy (non-hydrogen) atoms. The van der Waals surface area contributed by atoms with Gasteiger partial charge in [-0.15, -0.1) is 0 Å². The number of carbonyl (C=O) groups is 1. The number of imidazole rings is 1. The van der Waals surface area contributed by atoms with Gasteiger partial charge in [0.1, 0.15) is 11.5 Å². The molecular weight excluding hydrogens is 389 g/mol. The van der Waals surface area contributed by atoms with Crippen LogP contribution in [0, 0.1) is 5.82 Å². The average Bonchev–Trinajstić information content (AvgIpc) is 3.42. The maximum atomic E-state index is 13.2. The SMILES string of the molecule is COCCC1(c2noc(-c3ccc(F)cc3)n2)CCCN(C(=O)c2cncn2C)C1. The molecule has 1 fully saturated rings. The van der Waals surface area contributed by atoms with Crippen molar-refractivity contribution in [1.82, 2.24) is 24.6 Å². The van der Waals surface area contributed by atoms with Gasteiger partial charge in [-0.2, -0.15) is 4.98 Å². The van der Waals surface area contributed by atoms with Crippen LogP contribution >= 0.6 is 0 Å². The Hall–Kier alpha value is -3.07. The number of piperidine rings is 1. The molecule has 0 N–H and O–H groups in total. The number of benzene rings is 1. The highest BCUT2D eigenvalue weighted by Crippen LogP contribution is 2.37. The van der Waals surface area contributed by atoms with E-state index in [1.165, 1.54) is 12.1 Å². The molecule has 0 aliphatic carbocycles. The minimum absolute atomic E-state index is 0.0706. The molecule has 0 saturated carbocycles. The number of likely N-dealkylation sites (tertiary alicyclic amines) is 1. The first-order valence-corrected chi connectivity index (χ1v) is 9.87. The van der Waals surface area contributed by atoms with Gasteiger partial charge in [-0.05, 0) is 43.5 Å². The first kappa shape index (κ1) is 20.2. The quantitative estimate of drug-likeness (QED) is 0.618. The van der Waals surface area contributed by atoms with Gasteiger partial charge >= 0.3 is 0 Å². The van der Waals surface area contributed by atoms with Gasteiger partial charge in [0, 0.05) is 39.4 Å². The van der Waals surface area contributed by atoms with Crippen molar-refractivity contribution in [1.29, 1.82) is 0 Å². The van der Waals surface area contributed by atoms with Crippen LogP contribution in [-0.4, -0.2) is 57.3 Å². The standard InChI is InChI=1S/C21H24FN5O3/c1-26-14-23-12-17(26)19(28)27-10-3-8-21(13-27,9-11-29-2)20-24-18(30-25-20)15-4-6-16(22)7-5-15/h4-7,12,14H,3,8-11,13H2,1-2H3. The molecule has 1 aliphatic rings.